The summed E-state index contributed by atoms with van der Waals surface area (Å²) >= 11 is 0. The van der Waals surface area contributed by atoms with Gasteiger partial charge in [0.15, 0.2) is 0 Å². The Morgan fingerprint density at radius 1 is 1.25 bits per heavy atom. The van der Waals surface area contributed by atoms with Gasteiger partial charge in [-0.1, -0.05) is 17.7 Å². The van der Waals surface area contributed by atoms with Crippen LogP contribution in [0.25, 0.3) is 0 Å². The Morgan fingerprint density at radius 3 is 2.71 bits per heavy atom. The number of rotatable bonds is 3. The third kappa shape index (κ3) is 3.95. The number of nitrogens with zero attached hydrogens (tertiary/aromatic N) is 1. The van der Waals surface area contributed by atoms with E-state index in [1.165, 1.54) is 6.07 Å². The maximum absolute atomic E-state index is 12.3. The quantitative estimate of drug-likeness (QED) is 0.940. The molecule has 1 atom stereocenters. The average Bonchev–Trinajstić information content (AvgIpc) is 2.97. The molecule has 1 unspecified atom stereocenters. The second kappa shape index (κ2) is 6.78. The van der Waals surface area contributed by atoms with Gasteiger partial charge in [0.05, 0.1) is 12.6 Å². The van der Waals surface area contributed by atoms with Crippen molar-refractivity contribution in [3.05, 3.63) is 58.1 Å². The average molecular weight is 328 g/mol. The van der Waals surface area contributed by atoms with Gasteiger partial charge in [-0.15, -0.1) is 0 Å². The van der Waals surface area contributed by atoms with Crippen molar-refractivity contribution in [3.8, 4) is 5.75 Å². The minimum atomic E-state index is -0.433. The zero-order valence-electron chi connectivity index (χ0n) is 13.7. The highest BCUT2D eigenvalue weighted by atomic mass is 16.5. The predicted octanol–water partition coefficient (Wildman–Crippen LogP) is 2.94. The lowest BCUT2D eigenvalue weighted by Gasteiger charge is -2.18. The fourth-order valence-electron chi connectivity index (χ4n) is 2.68. The lowest BCUT2D eigenvalue weighted by molar-refractivity contribution is 0.193. The number of carbonyl (C=O) groups is 1. The molecule has 0 aliphatic carbocycles. The van der Waals surface area contributed by atoms with Gasteiger partial charge in [0.2, 0.25) is 0 Å². The molecule has 2 aromatic rings. The van der Waals surface area contributed by atoms with Crippen molar-refractivity contribution in [1.29, 1.82) is 0 Å². The number of benzene rings is 1. The van der Waals surface area contributed by atoms with Gasteiger partial charge in [-0.3, -0.25) is 0 Å². The van der Waals surface area contributed by atoms with E-state index < -0.39 is 5.63 Å². The van der Waals surface area contributed by atoms with Crippen LogP contribution in [0.4, 0.5) is 10.5 Å². The van der Waals surface area contributed by atoms with Crippen LogP contribution in [0.5, 0.6) is 5.75 Å². The Kier molecular flexibility index (Phi) is 4.55. The molecule has 1 aliphatic heterocycles. The number of hydrogen-bond acceptors (Lipinski definition) is 4. The molecule has 6 nitrogen and oxygen atoms in total. The largest absolute Gasteiger partial charge is 0.488 e. The molecule has 2 heterocycles. The predicted molar refractivity (Wildman–Crippen MR) is 90.5 cm³/mol. The molecule has 0 saturated carbocycles. The van der Waals surface area contributed by atoms with Gasteiger partial charge in [-0.25, -0.2) is 9.59 Å². The third-order valence-corrected chi connectivity index (χ3v) is 3.91. The molecule has 1 aromatic carbocycles. The number of aryl methyl sites for hydroxylation is 2. The van der Waals surface area contributed by atoms with E-state index in [2.05, 4.69) is 5.32 Å². The van der Waals surface area contributed by atoms with Gasteiger partial charge in [-0.2, -0.15) is 0 Å². The van der Waals surface area contributed by atoms with Crippen LogP contribution in [-0.2, 0) is 0 Å². The lowest BCUT2D eigenvalue weighted by Crippen LogP contribution is -2.34. The molecule has 1 N–H and O–H groups in total. The number of carbonyl (C=O) groups excluding carboxylic acids is 1. The van der Waals surface area contributed by atoms with Crippen LogP contribution < -0.4 is 15.7 Å². The second-order valence-corrected chi connectivity index (χ2v) is 5.99. The molecule has 1 aliphatic rings. The van der Waals surface area contributed by atoms with Crippen LogP contribution in [-0.4, -0.2) is 30.1 Å². The van der Waals surface area contributed by atoms with E-state index in [1.807, 2.05) is 31.2 Å². The summed E-state index contributed by atoms with van der Waals surface area (Å²) in [7, 11) is 0. The summed E-state index contributed by atoms with van der Waals surface area (Å²) in [6, 6.07) is 10.5. The maximum atomic E-state index is 12.3. The van der Waals surface area contributed by atoms with E-state index in [-0.39, 0.29) is 12.1 Å². The zero-order chi connectivity index (χ0) is 17.1. The number of ether oxygens (including phenoxy) is 1. The number of likely N-dealkylation sites (tertiary alicyclic amines) is 1. The summed E-state index contributed by atoms with van der Waals surface area (Å²) in [6.07, 6.45) is 0.593. The van der Waals surface area contributed by atoms with E-state index in [0.717, 1.165) is 17.7 Å². The molecular weight excluding hydrogens is 308 g/mol. The summed E-state index contributed by atoms with van der Waals surface area (Å²) in [4.78, 5) is 25.4. The van der Waals surface area contributed by atoms with Crippen molar-refractivity contribution in [2.24, 2.45) is 0 Å². The summed E-state index contributed by atoms with van der Waals surface area (Å²) < 4.78 is 10.7. The third-order valence-electron chi connectivity index (χ3n) is 3.91. The second-order valence-electron chi connectivity index (χ2n) is 5.99. The molecule has 0 bridgehead atoms. The highest BCUT2D eigenvalue weighted by Gasteiger charge is 2.27. The molecule has 24 heavy (non-hydrogen) atoms. The van der Waals surface area contributed by atoms with Crippen LogP contribution in [0.15, 0.2) is 45.6 Å². The smallest absolute Gasteiger partial charge is 0.339 e. The monoisotopic (exact) mass is 328 g/mol. The van der Waals surface area contributed by atoms with Gasteiger partial charge in [-0.05, 0) is 26.0 Å². The van der Waals surface area contributed by atoms with Gasteiger partial charge < -0.3 is 19.4 Å². The molecule has 1 saturated heterocycles. The molecule has 1 aromatic heterocycles. The Bertz CT molecular complexity index is 782. The van der Waals surface area contributed by atoms with Crippen LogP contribution in [0, 0.1) is 13.8 Å². The fraction of sp³-hybridized carbons (Fsp3) is 0.333. The number of anilines is 1. The summed E-state index contributed by atoms with van der Waals surface area (Å²) in [6.45, 7) is 4.80. The van der Waals surface area contributed by atoms with Crippen molar-refractivity contribution >= 4 is 11.7 Å². The number of hydrogen-bond donors (Lipinski definition) is 1. The topological polar surface area (TPSA) is 71.8 Å². The molecule has 1 fully saturated rings. The zero-order valence-corrected chi connectivity index (χ0v) is 13.7. The first-order chi connectivity index (χ1) is 11.5. The standard InChI is InChI=1S/C18H20N2O4/c1-12-3-5-14(6-4-12)19-18(22)20-8-7-15(11-20)24-16-9-13(2)23-17(21)10-16/h3-6,9-10,15H,7-8,11H2,1-2H3,(H,19,22). The van der Waals surface area contributed by atoms with Crippen molar-refractivity contribution in [2.45, 2.75) is 26.4 Å². The Balaban J connectivity index is 1.57. The molecule has 0 radical (unpaired) electrons. The number of nitrogens with one attached hydrogen (secondary N) is 1. The normalized spacial score (nSPS) is 16.9. The molecular formula is C18H20N2O4. The van der Waals surface area contributed by atoms with Gasteiger partial charge in [0.1, 0.15) is 17.6 Å². The molecule has 2 amide bonds. The SMILES string of the molecule is Cc1ccc(NC(=O)N2CCC(Oc3cc(C)oc(=O)c3)C2)cc1. The van der Waals surface area contributed by atoms with Crippen LogP contribution in [0.2, 0.25) is 0 Å². The number of urea groups is 1. The molecule has 126 valence electrons. The first-order valence-electron chi connectivity index (χ1n) is 7.90. The van der Waals surface area contributed by atoms with Crippen molar-refractivity contribution < 1.29 is 13.9 Å². The van der Waals surface area contributed by atoms with Crippen molar-refractivity contribution in [1.82, 2.24) is 4.90 Å². The highest BCUT2D eigenvalue weighted by Crippen LogP contribution is 2.19. The first kappa shape index (κ1) is 16.1. The van der Waals surface area contributed by atoms with Crippen LogP contribution in [0.1, 0.15) is 17.7 Å². The summed E-state index contributed by atoms with van der Waals surface area (Å²) in [5, 5.41) is 2.88. The van der Waals surface area contributed by atoms with Crippen LogP contribution >= 0.6 is 0 Å². The van der Waals surface area contributed by atoms with E-state index in [4.69, 9.17) is 9.15 Å². The first-order valence-corrected chi connectivity index (χ1v) is 7.90. The van der Waals surface area contributed by atoms with Gasteiger partial charge in [0.25, 0.3) is 0 Å². The maximum Gasteiger partial charge on any atom is 0.339 e. The molecule has 0 spiro atoms. The van der Waals surface area contributed by atoms with E-state index in [0.29, 0.717) is 24.6 Å². The fourth-order valence-corrected chi connectivity index (χ4v) is 2.68. The van der Waals surface area contributed by atoms with Gasteiger partial charge >= 0.3 is 11.7 Å². The van der Waals surface area contributed by atoms with Crippen molar-refractivity contribution in [2.75, 3.05) is 18.4 Å². The minimum absolute atomic E-state index is 0.130. The molecule has 6 heteroatoms. The Hall–Kier alpha value is -2.76. The molecule has 3 rings (SSSR count). The Morgan fingerprint density at radius 2 is 2.00 bits per heavy atom. The van der Waals surface area contributed by atoms with Crippen molar-refractivity contribution in [3.63, 3.8) is 0 Å². The van der Waals surface area contributed by atoms with E-state index in [9.17, 15) is 9.59 Å². The summed E-state index contributed by atoms with van der Waals surface area (Å²) in [5.41, 5.74) is 1.48. The van der Waals surface area contributed by atoms with E-state index in [1.54, 1.807) is 17.9 Å². The highest BCUT2D eigenvalue weighted by molar-refractivity contribution is 5.89. The Labute approximate surface area is 140 Å². The summed E-state index contributed by atoms with van der Waals surface area (Å²) in [5.74, 6) is 0.985. The minimum Gasteiger partial charge on any atom is -0.488 e. The van der Waals surface area contributed by atoms with E-state index >= 15 is 0 Å². The van der Waals surface area contributed by atoms with Crippen LogP contribution in [0.3, 0.4) is 0 Å². The van der Waals surface area contributed by atoms with Gasteiger partial charge in [0, 0.05) is 24.7 Å². The number of amides is 2. The lowest BCUT2D eigenvalue weighted by atomic mass is 10.2.